The van der Waals surface area contributed by atoms with Crippen molar-refractivity contribution in [3.05, 3.63) is 87.1 Å². The summed E-state index contributed by atoms with van der Waals surface area (Å²) in [6.45, 7) is 2.27. The lowest BCUT2D eigenvalue weighted by molar-refractivity contribution is 0.0947. The van der Waals surface area contributed by atoms with Crippen molar-refractivity contribution in [3.63, 3.8) is 0 Å². The van der Waals surface area contributed by atoms with Crippen molar-refractivity contribution in [2.75, 3.05) is 0 Å². The van der Waals surface area contributed by atoms with Crippen LogP contribution in [0.15, 0.2) is 54.6 Å². The maximum atomic E-state index is 13.6. The first-order valence-corrected chi connectivity index (χ1v) is 8.47. The van der Waals surface area contributed by atoms with E-state index in [9.17, 15) is 9.18 Å². The van der Waals surface area contributed by atoms with Gasteiger partial charge in [-0.05, 0) is 24.6 Å². The number of hydrogen-bond acceptors (Lipinski definition) is 3. The van der Waals surface area contributed by atoms with Gasteiger partial charge in [-0.25, -0.2) is 9.37 Å². The van der Waals surface area contributed by atoms with E-state index in [2.05, 4.69) is 22.4 Å². The lowest BCUT2D eigenvalue weighted by Gasteiger charge is -2.03. The smallest absolute Gasteiger partial charge is 0.254 e. The van der Waals surface area contributed by atoms with Gasteiger partial charge in [-0.2, -0.15) is 0 Å². The van der Waals surface area contributed by atoms with E-state index in [4.69, 9.17) is 0 Å². The highest BCUT2D eigenvalue weighted by Gasteiger charge is 2.13. The zero-order valence-corrected chi connectivity index (χ0v) is 14.1. The molecule has 3 rings (SSSR count). The molecule has 0 atom stereocenters. The Labute approximate surface area is 144 Å². The van der Waals surface area contributed by atoms with E-state index in [1.807, 2.05) is 25.1 Å². The number of nitrogens with one attached hydrogen (secondary N) is 1. The van der Waals surface area contributed by atoms with E-state index < -0.39 is 11.7 Å². The number of benzene rings is 2. The minimum atomic E-state index is -0.518. The number of amides is 1. The summed E-state index contributed by atoms with van der Waals surface area (Å²) in [6, 6.07) is 16.1. The molecular formula is C19H17FN2OS. The fourth-order valence-corrected chi connectivity index (χ4v) is 3.45. The topological polar surface area (TPSA) is 42.0 Å². The second-order valence-electron chi connectivity index (χ2n) is 5.44. The molecule has 0 saturated heterocycles. The van der Waals surface area contributed by atoms with Gasteiger partial charge in [-0.3, -0.25) is 4.79 Å². The highest BCUT2D eigenvalue weighted by molar-refractivity contribution is 7.11. The predicted molar refractivity (Wildman–Crippen MR) is 93.7 cm³/mol. The van der Waals surface area contributed by atoms with Gasteiger partial charge in [0.15, 0.2) is 0 Å². The molecule has 0 saturated carbocycles. The third-order valence-corrected chi connectivity index (χ3v) is 4.82. The Hall–Kier alpha value is -2.53. The number of hydrogen-bond donors (Lipinski definition) is 1. The van der Waals surface area contributed by atoms with Crippen molar-refractivity contribution >= 4 is 17.2 Å². The average molecular weight is 340 g/mol. The second kappa shape index (κ2) is 7.36. The number of aromatic nitrogens is 1. The van der Waals surface area contributed by atoms with Crippen LogP contribution in [0.5, 0.6) is 0 Å². The molecule has 0 bridgehead atoms. The molecule has 0 spiro atoms. The lowest BCUT2D eigenvalue weighted by atomic mass is 10.1. The molecule has 3 aromatic rings. The average Bonchev–Trinajstić information content (AvgIpc) is 2.94. The number of rotatable bonds is 5. The van der Waals surface area contributed by atoms with Gasteiger partial charge >= 0.3 is 0 Å². The first kappa shape index (κ1) is 16.3. The number of carbonyl (C=O) groups is 1. The zero-order valence-electron chi connectivity index (χ0n) is 13.3. The third-order valence-electron chi connectivity index (χ3n) is 3.66. The van der Waals surface area contributed by atoms with Gasteiger partial charge in [0.2, 0.25) is 0 Å². The largest absolute Gasteiger partial charge is 0.345 e. The molecule has 5 heteroatoms. The molecule has 0 aliphatic heterocycles. The number of thiazole rings is 1. The van der Waals surface area contributed by atoms with Gasteiger partial charge in [-0.15, -0.1) is 11.3 Å². The maximum absolute atomic E-state index is 13.6. The third kappa shape index (κ3) is 3.86. The number of halogens is 1. The molecule has 3 nitrogen and oxygen atoms in total. The normalized spacial score (nSPS) is 10.6. The maximum Gasteiger partial charge on any atom is 0.254 e. The van der Waals surface area contributed by atoms with Crippen LogP contribution in [0.3, 0.4) is 0 Å². The van der Waals surface area contributed by atoms with Crippen LogP contribution in [-0.2, 0) is 13.0 Å². The Morgan fingerprint density at radius 2 is 1.83 bits per heavy atom. The summed E-state index contributed by atoms with van der Waals surface area (Å²) in [6.07, 6.45) is 0.825. The fraction of sp³-hybridized carbons (Fsp3) is 0.158. The summed E-state index contributed by atoms with van der Waals surface area (Å²) in [7, 11) is 0. The Bertz CT molecular complexity index is 846. The Balaban J connectivity index is 1.65. The minimum absolute atomic E-state index is 0.0512. The van der Waals surface area contributed by atoms with Crippen LogP contribution in [0.1, 0.15) is 31.5 Å². The van der Waals surface area contributed by atoms with Crippen LogP contribution >= 0.6 is 11.3 Å². The van der Waals surface area contributed by atoms with Crippen LogP contribution in [0.2, 0.25) is 0 Å². The summed E-state index contributed by atoms with van der Waals surface area (Å²) in [5.74, 6) is -0.944. The number of carbonyl (C=O) groups excluding carboxylic acids is 1. The van der Waals surface area contributed by atoms with Gasteiger partial charge in [0.25, 0.3) is 5.91 Å². The van der Waals surface area contributed by atoms with E-state index in [1.54, 1.807) is 23.5 Å². The van der Waals surface area contributed by atoms with Crippen LogP contribution < -0.4 is 5.32 Å². The summed E-state index contributed by atoms with van der Waals surface area (Å²) in [4.78, 5) is 17.7. The van der Waals surface area contributed by atoms with Gasteiger partial charge in [0, 0.05) is 11.3 Å². The Kier molecular flexibility index (Phi) is 5.01. The van der Waals surface area contributed by atoms with Crippen molar-refractivity contribution in [2.45, 2.75) is 19.9 Å². The van der Waals surface area contributed by atoms with E-state index in [0.717, 1.165) is 17.1 Å². The SMILES string of the molecule is Cc1nc(CNC(=O)c2ccccc2F)sc1Cc1ccccc1. The highest BCUT2D eigenvalue weighted by Crippen LogP contribution is 2.21. The summed E-state index contributed by atoms with van der Waals surface area (Å²) in [5.41, 5.74) is 2.25. The van der Waals surface area contributed by atoms with E-state index in [0.29, 0.717) is 6.54 Å². The van der Waals surface area contributed by atoms with Crippen molar-refractivity contribution < 1.29 is 9.18 Å². The fourth-order valence-electron chi connectivity index (χ4n) is 2.41. The molecule has 122 valence electrons. The van der Waals surface area contributed by atoms with Crippen molar-refractivity contribution in [1.82, 2.24) is 10.3 Å². The van der Waals surface area contributed by atoms with E-state index in [1.165, 1.54) is 22.6 Å². The first-order chi connectivity index (χ1) is 11.6. The molecule has 1 N–H and O–H groups in total. The highest BCUT2D eigenvalue weighted by atomic mass is 32.1. The van der Waals surface area contributed by atoms with E-state index in [-0.39, 0.29) is 5.56 Å². The molecule has 0 radical (unpaired) electrons. The Morgan fingerprint density at radius 3 is 2.58 bits per heavy atom. The number of nitrogens with zero attached hydrogens (tertiary/aromatic N) is 1. The van der Waals surface area contributed by atoms with Gasteiger partial charge in [0.1, 0.15) is 10.8 Å². The van der Waals surface area contributed by atoms with Crippen LogP contribution in [-0.4, -0.2) is 10.9 Å². The van der Waals surface area contributed by atoms with Crippen LogP contribution in [0, 0.1) is 12.7 Å². The quantitative estimate of drug-likeness (QED) is 0.759. The molecular weight excluding hydrogens is 323 g/mol. The van der Waals surface area contributed by atoms with Gasteiger partial charge in [0.05, 0.1) is 17.8 Å². The van der Waals surface area contributed by atoms with Crippen LogP contribution in [0.25, 0.3) is 0 Å². The molecule has 24 heavy (non-hydrogen) atoms. The summed E-state index contributed by atoms with van der Waals surface area (Å²) < 4.78 is 13.6. The number of aryl methyl sites for hydroxylation is 1. The second-order valence-corrected chi connectivity index (χ2v) is 6.61. The molecule has 1 aromatic heterocycles. The lowest BCUT2D eigenvalue weighted by Crippen LogP contribution is -2.23. The van der Waals surface area contributed by atoms with E-state index >= 15 is 0 Å². The molecule has 0 aliphatic carbocycles. The molecule has 0 unspecified atom stereocenters. The van der Waals surface area contributed by atoms with Crippen molar-refractivity contribution in [3.8, 4) is 0 Å². The van der Waals surface area contributed by atoms with Crippen LogP contribution in [0.4, 0.5) is 4.39 Å². The molecule has 1 amide bonds. The summed E-state index contributed by atoms with van der Waals surface area (Å²) >= 11 is 1.58. The zero-order chi connectivity index (χ0) is 16.9. The predicted octanol–water partition coefficient (Wildman–Crippen LogP) is 4.11. The standard InChI is InChI=1S/C19H17FN2OS/c1-13-17(11-14-7-3-2-4-8-14)24-18(22-13)12-21-19(23)15-9-5-6-10-16(15)20/h2-10H,11-12H2,1H3,(H,21,23). The minimum Gasteiger partial charge on any atom is -0.345 e. The molecule has 1 heterocycles. The van der Waals surface area contributed by atoms with Gasteiger partial charge < -0.3 is 5.32 Å². The van der Waals surface area contributed by atoms with Crippen molar-refractivity contribution in [1.29, 1.82) is 0 Å². The first-order valence-electron chi connectivity index (χ1n) is 7.65. The molecule has 2 aromatic carbocycles. The Morgan fingerprint density at radius 1 is 1.12 bits per heavy atom. The molecule has 0 fully saturated rings. The monoisotopic (exact) mass is 340 g/mol. The molecule has 0 aliphatic rings. The summed E-state index contributed by atoms with van der Waals surface area (Å²) in [5, 5.41) is 3.55. The van der Waals surface area contributed by atoms with Gasteiger partial charge in [-0.1, -0.05) is 42.5 Å². The van der Waals surface area contributed by atoms with Crippen molar-refractivity contribution in [2.24, 2.45) is 0 Å².